The van der Waals surface area contributed by atoms with Crippen LogP contribution in [0.4, 0.5) is 0 Å². The number of hydrogen-bond acceptors (Lipinski definition) is 1. The quantitative estimate of drug-likeness (QED) is 0.255. The monoisotopic (exact) mass is 379 g/mol. The lowest BCUT2D eigenvalue weighted by Crippen LogP contribution is -2.18. The molecule has 0 spiro atoms. The molecule has 0 aliphatic rings. The van der Waals surface area contributed by atoms with Crippen molar-refractivity contribution in [1.82, 2.24) is 5.32 Å². The molecule has 0 heterocycles. The van der Waals surface area contributed by atoms with Crippen LogP contribution >= 0.6 is 11.6 Å². The third-order valence-corrected chi connectivity index (χ3v) is 5.46. The SMILES string of the molecule is CCCCCCCCCCCCCCCCNCCc1ccc(Cl)cc1. The van der Waals surface area contributed by atoms with E-state index in [-0.39, 0.29) is 0 Å². The van der Waals surface area contributed by atoms with Crippen LogP contribution in [0.15, 0.2) is 24.3 Å². The van der Waals surface area contributed by atoms with Gasteiger partial charge in [-0.05, 0) is 43.6 Å². The highest BCUT2D eigenvalue weighted by molar-refractivity contribution is 6.30. The lowest BCUT2D eigenvalue weighted by atomic mass is 10.0. The van der Waals surface area contributed by atoms with Gasteiger partial charge in [-0.3, -0.25) is 0 Å². The Bertz CT molecular complexity index is 401. The van der Waals surface area contributed by atoms with Gasteiger partial charge in [-0.25, -0.2) is 0 Å². The van der Waals surface area contributed by atoms with Gasteiger partial charge in [0.1, 0.15) is 0 Å². The van der Waals surface area contributed by atoms with Crippen LogP contribution in [0.5, 0.6) is 0 Å². The Kier molecular flexibility index (Phi) is 16.2. The van der Waals surface area contributed by atoms with Crippen molar-refractivity contribution in [2.75, 3.05) is 13.1 Å². The lowest BCUT2D eigenvalue weighted by molar-refractivity contribution is 0.530. The van der Waals surface area contributed by atoms with Crippen LogP contribution in [0, 0.1) is 0 Å². The molecule has 0 aromatic heterocycles. The molecule has 1 N–H and O–H groups in total. The second-order valence-electron chi connectivity index (χ2n) is 7.72. The zero-order chi connectivity index (χ0) is 18.7. The highest BCUT2D eigenvalue weighted by Crippen LogP contribution is 2.13. The third-order valence-electron chi connectivity index (χ3n) is 5.21. The van der Waals surface area contributed by atoms with Crippen LogP contribution in [-0.2, 0) is 6.42 Å². The van der Waals surface area contributed by atoms with Gasteiger partial charge in [-0.15, -0.1) is 0 Å². The molecule has 0 saturated carbocycles. The largest absolute Gasteiger partial charge is 0.316 e. The number of nitrogens with one attached hydrogen (secondary N) is 1. The summed E-state index contributed by atoms with van der Waals surface area (Å²) in [5.41, 5.74) is 1.36. The predicted molar refractivity (Wildman–Crippen MR) is 118 cm³/mol. The van der Waals surface area contributed by atoms with Crippen molar-refractivity contribution < 1.29 is 0 Å². The number of unbranched alkanes of at least 4 members (excludes halogenated alkanes) is 13. The van der Waals surface area contributed by atoms with Crippen LogP contribution in [0.1, 0.15) is 102 Å². The molecule has 0 radical (unpaired) electrons. The van der Waals surface area contributed by atoms with E-state index in [0.717, 1.165) is 24.5 Å². The molecular formula is C24H42ClN. The summed E-state index contributed by atoms with van der Waals surface area (Å²) >= 11 is 5.90. The minimum Gasteiger partial charge on any atom is -0.316 e. The van der Waals surface area contributed by atoms with E-state index in [1.165, 1.54) is 95.5 Å². The fraction of sp³-hybridized carbons (Fsp3) is 0.750. The molecule has 1 aromatic rings. The first-order chi connectivity index (χ1) is 12.8. The Hall–Kier alpha value is -0.530. The van der Waals surface area contributed by atoms with Gasteiger partial charge in [0.25, 0.3) is 0 Å². The minimum atomic E-state index is 0.823. The van der Waals surface area contributed by atoms with Crippen LogP contribution < -0.4 is 5.32 Å². The Labute approximate surface area is 168 Å². The molecule has 0 fully saturated rings. The summed E-state index contributed by atoms with van der Waals surface area (Å²) in [6, 6.07) is 8.20. The fourth-order valence-electron chi connectivity index (χ4n) is 3.45. The normalized spacial score (nSPS) is 11.2. The van der Waals surface area contributed by atoms with Gasteiger partial charge in [0.15, 0.2) is 0 Å². The van der Waals surface area contributed by atoms with E-state index in [0.29, 0.717) is 0 Å². The first-order valence-corrected chi connectivity index (χ1v) is 11.7. The van der Waals surface area contributed by atoms with Gasteiger partial charge >= 0.3 is 0 Å². The molecule has 0 bridgehead atoms. The molecular weight excluding hydrogens is 338 g/mol. The van der Waals surface area contributed by atoms with E-state index >= 15 is 0 Å². The fourth-order valence-corrected chi connectivity index (χ4v) is 3.58. The summed E-state index contributed by atoms with van der Waals surface area (Å²) in [7, 11) is 0. The Morgan fingerprint density at radius 3 is 1.58 bits per heavy atom. The van der Waals surface area contributed by atoms with E-state index in [2.05, 4.69) is 24.4 Å². The number of halogens is 1. The average molecular weight is 380 g/mol. The average Bonchev–Trinajstić information content (AvgIpc) is 2.66. The molecule has 0 saturated heterocycles. The van der Waals surface area contributed by atoms with Crippen molar-refractivity contribution in [3.05, 3.63) is 34.9 Å². The van der Waals surface area contributed by atoms with Crippen LogP contribution in [-0.4, -0.2) is 13.1 Å². The molecule has 0 atom stereocenters. The van der Waals surface area contributed by atoms with Crippen molar-refractivity contribution >= 4 is 11.6 Å². The minimum absolute atomic E-state index is 0.823. The highest BCUT2D eigenvalue weighted by atomic mass is 35.5. The van der Waals surface area contributed by atoms with Gasteiger partial charge < -0.3 is 5.32 Å². The Morgan fingerprint density at radius 1 is 0.615 bits per heavy atom. The van der Waals surface area contributed by atoms with Gasteiger partial charge in [0.05, 0.1) is 0 Å². The van der Waals surface area contributed by atoms with Gasteiger partial charge in [-0.1, -0.05) is 114 Å². The summed E-state index contributed by atoms with van der Waals surface area (Å²) in [5.74, 6) is 0. The standard InChI is InChI=1S/C24H42ClN/c1-2-3-4-5-6-7-8-9-10-11-12-13-14-15-21-26-22-20-23-16-18-24(25)19-17-23/h16-19,26H,2-15,20-22H2,1H3. The smallest absolute Gasteiger partial charge is 0.0406 e. The summed E-state index contributed by atoms with van der Waals surface area (Å²) in [6.07, 6.45) is 21.1. The number of benzene rings is 1. The van der Waals surface area contributed by atoms with Crippen LogP contribution in [0.3, 0.4) is 0 Å². The maximum absolute atomic E-state index is 5.90. The molecule has 1 aromatic carbocycles. The summed E-state index contributed by atoms with van der Waals surface area (Å²) in [6.45, 7) is 4.52. The topological polar surface area (TPSA) is 12.0 Å². The second-order valence-corrected chi connectivity index (χ2v) is 8.16. The first-order valence-electron chi connectivity index (χ1n) is 11.3. The van der Waals surface area contributed by atoms with Crippen molar-refractivity contribution in [2.45, 2.75) is 103 Å². The molecule has 1 nitrogen and oxygen atoms in total. The highest BCUT2D eigenvalue weighted by Gasteiger charge is 1.95. The van der Waals surface area contributed by atoms with Crippen LogP contribution in [0.2, 0.25) is 5.02 Å². The van der Waals surface area contributed by atoms with Crippen molar-refractivity contribution in [3.63, 3.8) is 0 Å². The summed E-state index contributed by atoms with van der Waals surface area (Å²) in [4.78, 5) is 0. The summed E-state index contributed by atoms with van der Waals surface area (Å²) < 4.78 is 0. The van der Waals surface area contributed by atoms with Crippen molar-refractivity contribution in [3.8, 4) is 0 Å². The lowest BCUT2D eigenvalue weighted by Gasteiger charge is -2.06. The van der Waals surface area contributed by atoms with Gasteiger partial charge in [-0.2, -0.15) is 0 Å². The molecule has 0 aliphatic heterocycles. The predicted octanol–water partition coefficient (Wildman–Crippen LogP) is 7.95. The van der Waals surface area contributed by atoms with Crippen molar-refractivity contribution in [1.29, 1.82) is 0 Å². The van der Waals surface area contributed by atoms with E-state index in [1.54, 1.807) is 0 Å². The van der Waals surface area contributed by atoms with E-state index in [4.69, 9.17) is 11.6 Å². The van der Waals surface area contributed by atoms with Gasteiger partial charge in [0, 0.05) is 5.02 Å². The Morgan fingerprint density at radius 2 is 1.08 bits per heavy atom. The first kappa shape index (κ1) is 23.5. The molecule has 26 heavy (non-hydrogen) atoms. The molecule has 2 heteroatoms. The maximum Gasteiger partial charge on any atom is 0.0406 e. The van der Waals surface area contributed by atoms with E-state index in [9.17, 15) is 0 Å². The third kappa shape index (κ3) is 14.6. The molecule has 0 amide bonds. The van der Waals surface area contributed by atoms with Crippen molar-refractivity contribution in [2.24, 2.45) is 0 Å². The van der Waals surface area contributed by atoms with Crippen LogP contribution in [0.25, 0.3) is 0 Å². The zero-order valence-electron chi connectivity index (χ0n) is 17.2. The van der Waals surface area contributed by atoms with E-state index in [1.807, 2.05) is 12.1 Å². The molecule has 1 rings (SSSR count). The number of hydrogen-bond donors (Lipinski definition) is 1. The second kappa shape index (κ2) is 17.9. The number of rotatable bonds is 18. The molecule has 150 valence electrons. The molecule has 0 unspecified atom stereocenters. The van der Waals surface area contributed by atoms with E-state index < -0.39 is 0 Å². The summed E-state index contributed by atoms with van der Waals surface area (Å²) in [5, 5.41) is 4.38. The zero-order valence-corrected chi connectivity index (χ0v) is 18.0. The van der Waals surface area contributed by atoms with Gasteiger partial charge in [0.2, 0.25) is 0 Å². The maximum atomic E-state index is 5.90. The molecule has 0 aliphatic carbocycles. The Balaban J connectivity index is 1.72.